The van der Waals surface area contributed by atoms with Crippen molar-refractivity contribution in [2.75, 3.05) is 6.26 Å². The minimum Gasteiger partial charge on any atom is -0.363 e. The van der Waals surface area contributed by atoms with Gasteiger partial charge in [-0.15, -0.1) is 11.8 Å². The molecule has 0 radical (unpaired) electrons. The lowest BCUT2D eigenvalue weighted by atomic mass is 10.3. The van der Waals surface area contributed by atoms with E-state index < -0.39 is 0 Å². The Morgan fingerprint density at radius 3 is 2.91 bits per heavy atom. The molecule has 58 valence electrons. The summed E-state index contributed by atoms with van der Waals surface area (Å²) in [7, 11) is 0. The Kier molecular flexibility index (Phi) is 2.61. The third-order valence-corrected chi connectivity index (χ3v) is 2.46. The first-order valence-electron chi connectivity index (χ1n) is 3.47. The summed E-state index contributed by atoms with van der Waals surface area (Å²) in [4.78, 5) is 4.18. The molecule has 0 saturated carbocycles. The zero-order valence-electron chi connectivity index (χ0n) is 6.64. The number of nitriles is 1. The molecular formula is C8H10N2S. The fourth-order valence-corrected chi connectivity index (χ4v) is 1.81. The number of aromatic amines is 1. The number of thioether (sulfide) groups is 1. The molecule has 0 aromatic carbocycles. The van der Waals surface area contributed by atoms with Crippen molar-refractivity contribution in [3.63, 3.8) is 0 Å². The van der Waals surface area contributed by atoms with Gasteiger partial charge < -0.3 is 4.98 Å². The number of rotatable bonds is 2. The molecule has 0 aliphatic carbocycles. The molecule has 0 spiro atoms. The van der Waals surface area contributed by atoms with E-state index in [1.165, 1.54) is 0 Å². The normalized spacial score (nSPS) is 9.55. The average Bonchev–Trinajstić information content (AvgIpc) is 2.45. The standard InChI is InChI=1S/C8H10N2S/c1-3-7-8(11-2)6(4-9)5-10-7/h5,10H,3H2,1-2H3. The summed E-state index contributed by atoms with van der Waals surface area (Å²) in [5.74, 6) is 0. The largest absolute Gasteiger partial charge is 0.363 e. The Labute approximate surface area is 70.6 Å². The Bertz CT molecular complexity index is 283. The lowest BCUT2D eigenvalue weighted by molar-refractivity contribution is 1.02. The molecule has 1 aromatic heterocycles. The zero-order chi connectivity index (χ0) is 8.27. The molecule has 0 saturated heterocycles. The number of H-pyrrole nitrogens is 1. The lowest BCUT2D eigenvalue weighted by Crippen LogP contribution is -1.81. The predicted molar refractivity (Wildman–Crippen MR) is 46.7 cm³/mol. The van der Waals surface area contributed by atoms with E-state index in [1.54, 1.807) is 18.0 Å². The molecule has 0 bridgehead atoms. The van der Waals surface area contributed by atoms with E-state index in [9.17, 15) is 0 Å². The Balaban J connectivity index is 3.12. The first-order valence-corrected chi connectivity index (χ1v) is 4.70. The van der Waals surface area contributed by atoms with E-state index in [4.69, 9.17) is 5.26 Å². The summed E-state index contributed by atoms with van der Waals surface area (Å²) in [6.45, 7) is 2.08. The molecule has 11 heavy (non-hydrogen) atoms. The highest BCUT2D eigenvalue weighted by atomic mass is 32.2. The fraction of sp³-hybridized carbons (Fsp3) is 0.375. The Morgan fingerprint density at radius 2 is 2.45 bits per heavy atom. The van der Waals surface area contributed by atoms with Crippen molar-refractivity contribution >= 4 is 11.8 Å². The van der Waals surface area contributed by atoms with Crippen molar-refractivity contribution in [2.45, 2.75) is 18.2 Å². The average molecular weight is 166 g/mol. The van der Waals surface area contributed by atoms with Gasteiger partial charge in [-0.05, 0) is 12.7 Å². The minimum absolute atomic E-state index is 0.759. The highest BCUT2D eigenvalue weighted by molar-refractivity contribution is 7.98. The molecular weight excluding hydrogens is 156 g/mol. The van der Waals surface area contributed by atoms with Crippen molar-refractivity contribution < 1.29 is 0 Å². The zero-order valence-corrected chi connectivity index (χ0v) is 7.46. The first-order chi connectivity index (χ1) is 5.33. The molecule has 0 amide bonds. The van der Waals surface area contributed by atoms with Crippen LogP contribution in [0.2, 0.25) is 0 Å². The lowest BCUT2D eigenvalue weighted by Gasteiger charge is -1.95. The SMILES string of the molecule is CCc1[nH]cc(C#N)c1SC. The van der Waals surface area contributed by atoms with Gasteiger partial charge in [-0.1, -0.05) is 6.92 Å². The van der Waals surface area contributed by atoms with Crippen molar-refractivity contribution in [2.24, 2.45) is 0 Å². The fourth-order valence-electron chi connectivity index (χ4n) is 1.03. The van der Waals surface area contributed by atoms with Crippen LogP contribution in [0.1, 0.15) is 18.2 Å². The topological polar surface area (TPSA) is 39.6 Å². The van der Waals surface area contributed by atoms with E-state index in [0.717, 1.165) is 22.6 Å². The highest BCUT2D eigenvalue weighted by Gasteiger charge is 2.06. The summed E-state index contributed by atoms with van der Waals surface area (Å²) in [5, 5.41) is 8.68. The van der Waals surface area contributed by atoms with Crippen molar-refractivity contribution in [3.05, 3.63) is 17.5 Å². The van der Waals surface area contributed by atoms with Crippen LogP contribution in [-0.4, -0.2) is 11.2 Å². The molecule has 0 unspecified atom stereocenters. The second-order valence-corrected chi connectivity index (χ2v) is 3.00. The van der Waals surface area contributed by atoms with Gasteiger partial charge in [0.05, 0.1) is 5.56 Å². The number of hydrogen-bond acceptors (Lipinski definition) is 2. The van der Waals surface area contributed by atoms with Crippen LogP contribution in [0.3, 0.4) is 0 Å². The van der Waals surface area contributed by atoms with E-state index in [0.29, 0.717) is 0 Å². The van der Waals surface area contributed by atoms with Crippen LogP contribution in [-0.2, 0) is 6.42 Å². The second kappa shape index (κ2) is 3.49. The molecule has 1 heterocycles. The van der Waals surface area contributed by atoms with Crippen LogP contribution in [0.4, 0.5) is 0 Å². The quantitative estimate of drug-likeness (QED) is 0.684. The van der Waals surface area contributed by atoms with Gasteiger partial charge in [-0.25, -0.2) is 0 Å². The van der Waals surface area contributed by atoms with Gasteiger partial charge in [0.15, 0.2) is 0 Å². The van der Waals surface area contributed by atoms with Crippen LogP contribution >= 0.6 is 11.8 Å². The molecule has 3 heteroatoms. The van der Waals surface area contributed by atoms with E-state index in [-0.39, 0.29) is 0 Å². The maximum Gasteiger partial charge on any atom is 0.102 e. The summed E-state index contributed by atoms with van der Waals surface area (Å²) >= 11 is 1.62. The molecule has 2 nitrogen and oxygen atoms in total. The summed E-state index contributed by atoms with van der Waals surface area (Å²) < 4.78 is 0. The minimum atomic E-state index is 0.759. The smallest absolute Gasteiger partial charge is 0.102 e. The Hall–Kier alpha value is -0.880. The first kappa shape index (κ1) is 8.22. The molecule has 0 aliphatic heterocycles. The van der Waals surface area contributed by atoms with Crippen LogP contribution in [0, 0.1) is 11.3 Å². The number of nitrogens with one attached hydrogen (secondary N) is 1. The molecule has 0 atom stereocenters. The number of aromatic nitrogens is 1. The van der Waals surface area contributed by atoms with E-state index in [2.05, 4.69) is 18.0 Å². The summed E-state index contributed by atoms with van der Waals surface area (Å²) in [6, 6.07) is 2.15. The number of hydrogen-bond donors (Lipinski definition) is 1. The van der Waals surface area contributed by atoms with Gasteiger partial charge in [-0.3, -0.25) is 0 Å². The molecule has 0 fully saturated rings. The van der Waals surface area contributed by atoms with Gasteiger partial charge in [0, 0.05) is 16.8 Å². The number of aryl methyl sites for hydroxylation is 1. The summed E-state index contributed by atoms with van der Waals surface area (Å²) in [6.07, 6.45) is 4.71. The van der Waals surface area contributed by atoms with Crippen molar-refractivity contribution in [3.8, 4) is 6.07 Å². The monoisotopic (exact) mass is 166 g/mol. The van der Waals surface area contributed by atoms with Gasteiger partial charge in [0.25, 0.3) is 0 Å². The van der Waals surface area contributed by atoms with Gasteiger partial charge >= 0.3 is 0 Å². The van der Waals surface area contributed by atoms with E-state index >= 15 is 0 Å². The molecule has 1 aromatic rings. The van der Waals surface area contributed by atoms with Crippen molar-refractivity contribution in [1.29, 1.82) is 5.26 Å². The number of nitrogens with zero attached hydrogens (tertiary/aromatic N) is 1. The molecule has 1 rings (SSSR count). The van der Waals surface area contributed by atoms with Crippen LogP contribution in [0.15, 0.2) is 11.1 Å². The third-order valence-electron chi connectivity index (χ3n) is 1.59. The van der Waals surface area contributed by atoms with Crippen LogP contribution in [0.25, 0.3) is 0 Å². The maximum absolute atomic E-state index is 8.68. The van der Waals surface area contributed by atoms with E-state index in [1.807, 2.05) is 6.26 Å². The molecule has 1 N–H and O–H groups in total. The molecule has 0 aliphatic rings. The van der Waals surface area contributed by atoms with Crippen LogP contribution in [0.5, 0.6) is 0 Å². The second-order valence-electron chi connectivity index (χ2n) is 2.18. The Morgan fingerprint density at radius 1 is 1.73 bits per heavy atom. The van der Waals surface area contributed by atoms with Crippen molar-refractivity contribution in [1.82, 2.24) is 4.98 Å². The van der Waals surface area contributed by atoms with Gasteiger partial charge in [-0.2, -0.15) is 5.26 Å². The maximum atomic E-state index is 8.68. The van der Waals surface area contributed by atoms with Gasteiger partial charge in [0.1, 0.15) is 6.07 Å². The highest BCUT2D eigenvalue weighted by Crippen LogP contribution is 2.23. The predicted octanol–water partition coefficient (Wildman–Crippen LogP) is 2.17. The van der Waals surface area contributed by atoms with Crippen LogP contribution < -0.4 is 0 Å². The third kappa shape index (κ3) is 1.41. The summed E-state index contributed by atoms with van der Waals surface area (Å²) in [5.41, 5.74) is 1.92. The van der Waals surface area contributed by atoms with Gasteiger partial charge in [0.2, 0.25) is 0 Å².